The van der Waals surface area contributed by atoms with Gasteiger partial charge in [0.05, 0.1) is 0 Å². The minimum absolute atomic E-state index is 0.318. The summed E-state index contributed by atoms with van der Waals surface area (Å²) in [7, 11) is 0. The third-order valence-corrected chi connectivity index (χ3v) is 11.3. The molecule has 2 aliphatic heterocycles. The lowest BCUT2D eigenvalue weighted by Gasteiger charge is -2.58. The molecule has 0 saturated heterocycles. The molecule has 0 radical (unpaired) electrons. The molecule has 0 aromatic rings. The molecular formula is C27H40NO+. The molecule has 2 heterocycles. The molecule has 4 aliphatic carbocycles. The highest BCUT2D eigenvalue weighted by atomic mass is 16.1. The number of hydrogen-bond donors (Lipinski definition) is 0. The predicted molar refractivity (Wildman–Crippen MR) is 117 cm³/mol. The van der Waals surface area contributed by atoms with Crippen molar-refractivity contribution in [3.8, 4) is 0 Å². The van der Waals surface area contributed by atoms with Gasteiger partial charge in [0.15, 0.2) is 17.5 Å². The Morgan fingerprint density at radius 3 is 2.66 bits per heavy atom. The minimum atomic E-state index is 0.318. The van der Waals surface area contributed by atoms with Gasteiger partial charge in [-0.15, -0.1) is 0 Å². The number of carbonyl (C=O) groups excluding carboxylic acids is 1. The summed E-state index contributed by atoms with van der Waals surface area (Å²) in [5, 5.41) is 0. The molecular weight excluding hydrogens is 354 g/mol. The van der Waals surface area contributed by atoms with Crippen LogP contribution in [0.25, 0.3) is 0 Å². The van der Waals surface area contributed by atoms with Crippen LogP contribution >= 0.6 is 0 Å². The Kier molecular flexibility index (Phi) is 3.94. The highest BCUT2D eigenvalue weighted by molar-refractivity contribution is 5.91. The van der Waals surface area contributed by atoms with E-state index < -0.39 is 0 Å². The van der Waals surface area contributed by atoms with Crippen LogP contribution in [0.3, 0.4) is 0 Å². The van der Waals surface area contributed by atoms with E-state index in [1.54, 1.807) is 0 Å². The van der Waals surface area contributed by atoms with Crippen molar-refractivity contribution in [3.63, 3.8) is 0 Å². The zero-order valence-corrected chi connectivity index (χ0v) is 19.0. The molecule has 3 unspecified atom stereocenters. The van der Waals surface area contributed by atoms with E-state index in [4.69, 9.17) is 0 Å². The summed E-state index contributed by atoms with van der Waals surface area (Å²) in [6.45, 7) is 11.6. The maximum atomic E-state index is 12.1. The number of hydrogen-bond acceptors (Lipinski definition) is 1. The molecule has 3 fully saturated rings. The Morgan fingerprint density at radius 2 is 1.83 bits per heavy atom. The van der Waals surface area contributed by atoms with Crippen molar-refractivity contribution in [2.45, 2.75) is 91.5 Å². The second-order valence-corrected chi connectivity index (χ2v) is 12.4. The number of nitrogens with zero attached hydrogens (tertiary/aromatic N) is 1. The van der Waals surface area contributed by atoms with Gasteiger partial charge >= 0.3 is 0 Å². The standard InChI is InChI=1S/C27H40NO/c1-16-5-8-23-17(2)25-24(28(23)15-16)14-22-20-7-6-18-13-19(29)9-11-26(18,3)21(20)10-12-27(22,25)4/h13,16-17,20-22,24-25H,5-12,14-15H2,1-4H3/q+1/t16-,17?,20+,21-,22-,24?,25?,26-,27-/m0/s1. The lowest BCUT2D eigenvalue weighted by atomic mass is 9.46. The van der Waals surface area contributed by atoms with Gasteiger partial charge in [0.25, 0.3) is 0 Å². The highest BCUT2D eigenvalue weighted by Gasteiger charge is 2.68. The molecule has 6 aliphatic rings. The fourth-order valence-electron chi connectivity index (χ4n) is 9.96. The van der Waals surface area contributed by atoms with Gasteiger partial charge in [0.2, 0.25) is 0 Å². The summed E-state index contributed by atoms with van der Waals surface area (Å²) >= 11 is 0. The first-order chi connectivity index (χ1) is 13.8. The summed E-state index contributed by atoms with van der Waals surface area (Å²) in [6.07, 6.45) is 13.6. The second-order valence-electron chi connectivity index (χ2n) is 12.4. The molecule has 0 amide bonds. The highest BCUT2D eigenvalue weighted by Crippen LogP contribution is 2.68. The van der Waals surface area contributed by atoms with Gasteiger partial charge < -0.3 is 0 Å². The van der Waals surface area contributed by atoms with Crippen molar-refractivity contribution in [1.82, 2.24) is 0 Å². The van der Waals surface area contributed by atoms with E-state index in [2.05, 4.69) is 38.3 Å². The summed E-state index contributed by atoms with van der Waals surface area (Å²) in [4.78, 5) is 12.1. The largest absolute Gasteiger partial charge is 0.295 e. The van der Waals surface area contributed by atoms with Crippen molar-refractivity contribution >= 4 is 11.5 Å². The van der Waals surface area contributed by atoms with Crippen LogP contribution in [0.4, 0.5) is 0 Å². The second kappa shape index (κ2) is 6.07. The lowest BCUT2D eigenvalue weighted by Crippen LogP contribution is -2.51. The quantitative estimate of drug-likeness (QED) is 0.486. The number of ketones is 1. The van der Waals surface area contributed by atoms with E-state index in [1.807, 2.05) is 5.71 Å². The fraction of sp³-hybridized carbons (Fsp3) is 0.852. The average Bonchev–Trinajstić information content (AvgIpc) is 3.15. The van der Waals surface area contributed by atoms with Crippen molar-refractivity contribution < 1.29 is 9.37 Å². The van der Waals surface area contributed by atoms with Gasteiger partial charge in [-0.2, -0.15) is 0 Å². The minimum Gasteiger partial charge on any atom is -0.295 e. The Labute approximate surface area is 177 Å². The molecule has 9 atom stereocenters. The Bertz CT molecular complexity index is 822. The number of allylic oxidation sites excluding steroid dienone is 1. The lowest BCUT2D eigenvalue weighted by molar-refractivity contribution is -0.573. The maximum absolute atomic E-state index is 12.1. The van der Waals surface area contributed by atoms with Gasteiger partial charge in [-0.05, 0) is 73.2 Å². The van der Waals surface area contributed by atoms with E-state index in [0.29, 0.717) is 16.6 Å². The van der Waals surface area contributed by atoms with Gasteiger partial charge in [0.1, 0.15) is 6.54 Å². The van der Waals surface area contributed by atoms with Crippen molar-refractivity contribution in [2.75, 3.05) is 6.54 Å². The molecule has 0 bridgehead atoms. The number of fused-ring (bicyclic) bond motifs is 8. The zero-order valence-electron chi connectivity index (χ0n) is 19.0. The molecule has 2 heteroatoms. The molecule has 3 saturated carbocycles. The summed E-state index contributed by atoms with van der Waals surface area (Å²) in [5.74, 6) is 5.59. The molecule has 0 aromatic carbocycles. The van der Waals surface area contributed by atoms with Gasteiger partial charge in [-0.3, -0.25) is 4.79 Å². The predicted octanol–water partition coefficient (Wildman–Crippen LogP) is 5.65. The van der Waals surface area contributed by atoms with E-state index in [-0.39, 0.29) is 0 Å². The maximum Gasteiger partial charge on any atom is 0.157 e. The average molecular weight is 395 g/mol. The van der Waals surface area contributed by atoms with Crippen LogP contribution in [0.5, 0.6) is 0 Å². The molecule has 0 spiro atoms. The molecule has 29 heavy (non-hydrogen) atoms. The summed E-state index contributed by atoms with van der Waals surface area (Å²) in [5.41, 5.74) is 4.20. The van der Waals surface area contributed by atoms with E-state index in [9.17, 15) is 4.79 Å². The number of rotatable bonds is 0. The monoisotopic (exact) mass is 394 g/mol. The van der Waals surface area contributed by atoms with Crippen LogP contribution in [0.15, 0.2) is 11.6 Å². The molecule has 0 N–H and O–H groups in total. The normalized spacial score (nSPS) is 53.6. The van der Waals surface area contributed by atoms with E-state index in [1.165, 1.54) is 57.1 Å². The fourth-order valence-corrected chi connectivity index (χ4v) is 9.96. The number of carbonyl (C=O) groups is 1. The van der Waals surface area contributed by atoms with E-state index >= 15 is 0 Å². The summed E-state index contributed by atoms with van der Waals surface area (Å²) < 4.78 is 2.93. The molecule has 2 nitrogen and oxygen atoms in total. The first-order valence-electron chi connectivity index (χ1n) is 12.7. The van der Waals surface area contributed by atoms with Gasteiger partial charge in [0, 0.05) is 37.0 Å². The van der Waals surface area contributed by atoms with Crippen molar-refractivity contribution in [3.05, 3.63) is 11.6 Å². The van der Waals surface area contributed by atoms with E-state index in [0.717, 1.165) is 54.4 Å². The van der Waals surface area contributed by atoms with Gasteiger partial charge in [-0.1, -0.05) is 33.3 Å². The van der Waals surface area contributed by atoms with Gasteiger partial charge in [-0.25, -0.2) is 4.58 Å². The molecule has 0 aromatic heterocycles. The smallest absolute Gasteiger partial charge is 0.157 e. The van der Waals surface area contributed by atoms with Crippen LogP contribution in [-0.4, -0.2) is 28.7 Å². The third-order valence-electron chi connectivity index (χ3n) is 11.3. The Morgan fingerprint density at radius 1 is 1.00 bits per heavy atom. The zero-order chi connectivity index (χ0) is 20.1. The van der Waals surface area contributed by atoms with Crippen LogP contribution in [0, 0.1) is 46.3 Å². The first kappa shape index (κ1) is 18.8. The van der Waals surface area contributed by atoms with Crippen molar-refractivity contribution in [2.24, 2.45) is 46.3 Å². The van der Waals surface area contributed by atoms with Crippen LogP contribution in [-0.2, 0) is 4.79 Å². The van der Waals surface area contributed by atoms with Crippen LogP contribution < -0.4 is 0 Å². The topological polar surface area (TPSA) is 20.1 Å². The third kappa shape index (κ3) is 2.35. The molecule has 158 valence electrons. The Hall–Kier alpha value is -0.920. The van der Waals surface area contributed by atoms with Crippen molar-refractivity contribution in [1.29, 1.82) is 0 Å². The SMILES string of the molecule is CC1C2=[N+](C[C@@H](C)CC2)C2C[C@H]3[C@@H]4CCC5=CC(=O)CC[C@]5(C)[C@H]4CC[C@]3(C)C12. The Balaban J connectivity index is 1.35. The van der Waals surface area contributed by atoms with Crippen LogP contribution in [0.2, 0.25) is 0 Å². The summed E-state index contributed by atoms with van der Waals surface area (Å²) in [6, 6.07) is 0.828. The molecule has 6 rings (SSSR count). The first-order valence-corrected chi connectivity index (χ1v) is 12.7. The van der Waals surface area contributed by atoms with Crippen LogP contribution in [0.1, 0.15) is 85.5 Å².